The van der Waals surface area contributed by atoms with Gasteiger partial charge in [-0.3, -0.25) is 0 Å². The number of hydrogen-bond acceptors (Lipinski definition) is 12. The third kappa shape index (κ3) is 4.95. The van der Waals surface area contributed by atoms with E-state index in [4.69, 9.17) is 47.6 Å². The summed E-state index contributed by atoms with van der Waals surface area (Å²) in [6.07, 6.45) is -6.88. The van der Waals surface area contributed by atoms with E-state index in [9.17, 15) is 15.3 Å². The summed E-state index contributed by atoms with van der Waals surface area (Å²) in [7, 11) is 0. The zero-order valence-electron chi connectivity index (χ0n) is 17.2. The van der Waals surface area contributed by atoms with Crippen molar-refractivity contribution in [2.75, 3.05) is 6.54 Å². The van der Waals surface area contributed by atoms with Gasteiger partial charge >= 0.3 is 0 Å². The molecule has 0 bridgehead atoms. The number of rotatable bonds is 5. The fourth-order valence-corrected chi connectivity index (χ4v) is 4.26. The summed E-state index contributed by atoms with van der Waals surface area (Å²) in [4.78, 5) is 0. The molecular formula is C18H37N5O7. The maximum Gasteiger partial charge on any atom is 0.187 e. The Bertz CT molecular complexity index is 563. The summed E-state index contributed by atoms with van der Waals surface area (Å²) in [6, 6.07) is -2.44. The van der Waals surface area contributed by atoms with Crippen LogP contribution in [-0.2, 0) is 18.9 Å². The molecule has 12 nitrogen and oxygen atoms in total. The smallest absolute Gasteiger partial charge is 0.187 e. The van der Waals surface area contributed by atoms with Crippen molar-refractivity contribution < 1.29 is 34.3 Å². The van der Waals surface area contributed by atoms with Crippen molar-refractivity contribution in [3.63, 3.8) is 0 Å². The van der Waals surface area contributed by atoms with Gasteiger partial charge in [0.25, 0.3) is 0 Å². The Morgan fingerprint density at radius 1 is 0.800 bits per heavy atom. The van der Waals surface area contributed by atoms with Crippen LogP contribution >= 0.6 is 0 Å². The number of ether oxygens (including phenoxy) is 4. The van der Waals surface area contributed by atoms with Gasteiger partial charge in [0.05, 0.1) is 30.4 Å². The predicted molar refractivity (Wildman–Crippen MR) is 106 cm³/mol. The maximum absolute atomic E-state index is 10.7. The lowest BCUT2D eigenvalue weighted by Crippen LogP contribution is -2.67. The van der Waals surface area contributed by atoms with Gasteiger partial charge in [0.2, 0.25) is 0 Å². The van der Waals surface area contributed by atoms with E-state index in [-0.39, 0.29) is 12.5 Å². The molecule has 0 unspecified atom stereocenters. The van der Waals surface area contributed by atoms with Gasteiger partial charge in [-0.2, -0.15) is 0 Å². The Balaban J connectivity index is 1.76. The molecule has 0 aromatic rings. The Labute approximate surface area is 175 Å². The maximum atomic E-state index is 10.7. The average Bonchev–Trinajstić information content (AvgIpc) is 2.72. The Morgan fingerprint density at radius 2 is 1.47 bits per heavy atom. The molecule has 1 saturated carbocycles. The van der Waals surface area contributed by atoms with Gasteiger partial charge in [0.15, 0.2) is 12.6 Å². The number of nitrogens with two attached hydrogens (primary N) is 5. The van der Waals surface area contributed by atoms with E-state index in [0.29, 0.717) is 13.0 Å². The molecule has 13 atom stereocenters. The van der Waals surface area contributed by atoms with Gasteiger partial charge in [-0.25, -0.2) is 0 Å². The SMILES string of the molecule is C[C@H]1O[C@@H](O[C@@H]2[C@@H](O)[C@H](N)C[C@H](N)[C@H]2O[C@H]2O[C@H](CN)CC[C@H]2N)[C@H](O)[C@@H](O)[C@@H]1N. The highest BCUT2D eigenvalue weighted by atomic mass is 16.7. The highest BCUT2D eigenvalue weighted by molar-refractivity contribution is 5.00. The molecule has 13 N–H and O–H groups in total. The highest BCUT2D eigenvalue weighted by Crippen LogP contribution is 2.31. The quantitative estimate of drug-likeness (QED) is 0.205. The molecule has 1 aliphatic carbocycles. The van der Waals surface area contributed by atoms with Crippen molar-refractivity contribution in [2.24, 2.45) is 28.7 Å². The van der Waals surface area contributed by atoms with Gasteiger partial charge in [-0.15, -0.1) is 0 Å². The molecule has 2 saturated heterocycles. The monoisotopic (exact) mass is 435 g/mol. The second-order valence-corrected chi connectivity index (χ2v) is 8.63. The molecular weight excluding hydrogens is 398 g/mol. The van der Waals surface area contributed by atoms with Crippen LogP contribution in [0.15, 0.2) is 0 Å². The van der Waals surface area contributed by atoms with Gasteiger partial charge in [0, 0.05) is 18.6 Å². The fraction of sp³-hybridized carbons (Fsp3) is 1.00. The summed E-state index contributed by atoms with van der Waals surface area (Å²) in [6.45, 7) is 1.98. The first kappa shape index (κ1) is 24.2. The van der Waals surface area contributed by atoms with E-state index in [1.807, 2.05) is 0 Å². The standard InChI is InChI=1S/C18H37N5O7/c1-6-11(23)13(25)14(26)18(27-6)30-16-12(24)9(21)4-10(22)15(16)29-17-8(20)3-2-7(5-19)28-17/h6-18,24-26H,2-5,19-23H2,1H3/t6-,7+,8-,9-,10+,11-,12+,13+,14-,15-,16-,17-,18+/m1/s1. The Hall–Kier alpha value is -0.480. The predicted octanol–water partition coefficient (Wildman–Crippen LogP) is -4.24. The van der Waals surface area contributed by atoms with E-state index in [1.165, 1.54) is 0 Å². The van der Waals surface area contributed by atoms with Crippen LogP contribution < -0.4 is 28.7 Å². The third-order valence-corrected chi connectivity index (χ3v) is 6.32. The van der Waals surface area contributed by atoms with Crippen molar-refractivity contribution in [3.05, 3.63) is 0 Å². The molecule has 3 aliphatic rings. The minimum absolute atomic E-state index is 0.192. The van der Waals surface area contributed by atoms with Crippen LogP contribution in [0, 0.1) is 0 Å². The second-order valence-electron chi connectivity index (χ2n) is 8.63. The highest BCUT2D eigenvalue weighted by Gasteiger charge is 2.49. The largest absolute Gasteiger partial charge is 0.389 e. The molecule has 0 radical (unpaired) electrons. The summed E-state index contributed by atoms with van der Waals surface area (Å²) in [5.74, 6) is 0. The molecule has 2 aliphatic heterocycles. The Morgan fingerprint density at radius 3 is 2.13 bits per heavy atom. The number of aliphatic hydroxyl groups excluding tert-OH is 3. The third-order valence-electron chi connectivity index (χ3n) is 6.32. The molecule has 12 heteroatoms. The molecule has 30 heavy (non-hydrogen) atoms. The van der Waals surface area contributed by atoms with Gasteiger partial charge < -0.3 is 62.9 Å². The topological polar surface area (TPSA) is 228 Å². The van der Waals surface area contributed by atoms with Gasteiger partial charge in [0.1, 0.15) is 24.4 Å². The lowest BCUT2D eigenvalue weighted by molar-refractivity contribution is -0.321. The van der Waals surface area contributed by atoms with Crippen LogP contribution in [0.3, 0.4) is 0 Å². The summed E-state index contributed by atoms with van der Waals surface area (Å²) >= 11 is 0. The summed E-state index contributed by atoms with van der Waals surface area (Å²) < 4.78 is 23.4. The van der Waals surface area contributed by atoms with Crippen LogP contribution in [0.1, 0.15) is 26.2 Å². The molecule has 3 fully saturated rings. The lowest BCUT2D eigenvalue weighted by atomic mass is 9.84. The van der Waals surface area contributed by atoms with Gasteiger partial charge in [-0.05, 0) is 26.2 Å². The molecule has 0 amide bonds. The van der Waals surface area contributed by atoms with Gasteiger partial charge in [-0.1, -0.05) is 0 Å². The fourth-order valence-electron chi connectivity index (χ4n) is 4.26. The first-order chi connectivity index (χ1) is 14.1. The molecule has 3 rings (SSSR count). The van der Waals surface area contributed by atoms with E-state index in [2.05, 4.69) is 0 Å². The van der Waals surface area contributed by atoms with E-state index in [1.54, 1.807) is 6.92 Å². The number of aliphatic hydroxyl groups is 3. The average molecular weight is 436 g/mol. The van der Waals surface area contributed by atoms with Crippen LogP contribution in [0.4, 0.5) is 0 Å². The van der Waals surface area contributed by atoms with Crippen molar-refractivity contribution in [1.82, 2.24) is 0 Å². The van der Waals surface area contributed by atoms with Crippen LogP contribution in [-0.4, -0.2) is 101 Å². The molecule has 0 spiro atoms. The molecule has 176 valence electrons. The summed E-state index contributed by atoms with van der Waals surface area (Å²) in [5.41, 5.74) is 30.0. The van der Waals surface area contributed by atoms with E-state index in [0.717, 1.165) is 6.42 Å². The van der Waals surface area contributed by atoms with Crippen LogP contribution in [0.25, 0.3) is 0 Å². The number of hydrogen-bond donors (Lipinski definition) is 8. The van der Waals surface area contributed by atoms with Crippen molar-refractivity contribution in [1.29, 1.82) is 0 Å². The molecule has 0 aromatic heterocycles. The minimum atomic E-state index is -1.42. The second kappa shape index (κ2) is 9.98. The van der Waals surface area contributed by atoms with Crippen molar-refractivity contribution in [2.45, 2.75) is 106 Å². The zero-order valence-corrected chi connectivity index (χ0v) is 17.2. The van der Waals surface area contributed by atoms with E-state index >= 15 is 0 Å². The van der Waals surface area contributed by atoms with Crippen LogP contribution in [0.5, 0.6) is 0 Å². The van der Waals surface area contributed by atoms with Crippen LogP contribution in [0.2, 0.25) is 0 Å². The summed E-state index contributed by atoms with van der Waals surface area (Å²) in [5, 5.41) is 31.3. The molecule has 0 aromatic carbocycles. The normalized spacial score (nSPS) is 52.9. The molecule has 2 heterocycles. The first-order valence-corrected chi connectivity index (χ1v) is 10.5. The Kier molecular flexibility index (Phi) is 8.04. The first-order valence-electron chi connectivity index (χ1n) is 10.5. The van der Waals surface area contributed by atoms with Crippen molar-refractivity contribution in [3.8, 4) is 0 Å². The van der Waals surface area contributed by atoms with E-state index < -0.39 is 73.4 Å². The zero-order chi connectivity index (χ0) is 22.2. The lowest BCUT2D eigenvalue weighted by Gasteiger charge is -2.47. The minimum Gasteiger partial charge on any atom is -0.389 e. The van der Waals surface area contributed by atoms with Crippen molar-refractivity contribution >= 4 is 0 Å².